The predicted octanol–water partition coefficient (Wildman–Crippen LogP) is 2.75. The van der Waals surface area contributed by atoms with Crippen molar-refractivity contribution in [3.63, 3.8) is 0 Å². The van der Waals surface area contributed by atoms with Crippen LogP contribution in [0.3, 0.4) is 0 Å². The summed E-state index contributed by atoms with van der Waals surface area (Å²) in [5.41, 5.74) is 0.789. The molecule has 0 amide bonds. The molecule has 2 rings (SSSR count). The average Bonchev–Trinajstić information content (AvgIpc) is 2.46. The van der Waals surface area contributed by atoms with E-state index in [0.717, 1.165) is 0 Å². The van der Waals surface area contributed by atoms with E-state index in [-0.39, 0.29) is 17.1 Å². The van der Waals surface area contributed by atoms with E-state index in [0.29, 0.717) is 10.5 Å². The van der Waals surface area contributed by atoms with E-state index in [9.17, 15) is 9.59 Å². The molecule has 1 N–H and O–H groups in total. The number of thioether (sulfide) groups is 1. The number of pyridine rings is 1. The van der Waals surface area contributed by atoms with Gasteiger partial charge in [-0.3, -0.25) is 9.78 Å². The molecule has 0 aliphatic heterocycles. The van der Waals surface area contributed by atoms with Gasteiger partial charge in [0, 0.05) is 22.9 Å². The molecular formula is C14H11NO3S. The number of hydrogen-bond acceptors (Lipinski definition) is 4. The van der Waals surface area contributed by atoms with Crippen molar-refractivity contribution in [2.75, 3.05) is 5.75 Å². The second kappa shape index (κ2) is 6.15. The lowest BCUT2D eigenvalue weighted by Gasteiger charge is -2.04. The minimum absolute atomic E-state index is 0.0363. The summed E-state index contributed by atoms with van der Waals surface area (Å²) >= 11 is 1.19. The first kappa shape index (κ1) is 13.3. The molecule has 0 fully saturated rings. The zero-order valence-electron chi connectivity index (χ0n) is 9.95. The van der Waals surface area contributed by atoms with Crippen molar-refractivity contribution in [1.82, 2.24) is 4.98 Å². The maximum atomic E-state index is 11.9. The monoisotopic (exact) mass is 273 g/mol. The molecule has 0 aliphatic rings. The molecule has 96 valence electrons. The highest BCUT2D eigenvalue weighted by Gasteiger charge is 2.12. The Morgan fingerprint density at radius 3 is 2.58 bits per heavy atom. The summed E-state index contributed by atoms with van der Waals surface area (Å²) in [6.07, 6.45) is 2.89. The Morgan fingerprint density at radius 2 is 1.89 bits per heavy atom. The summed E-state index contributed by atoms with van der Waals surface area (Å²) in [6.45, 7) is 0. The van der Waals surface area contributed by atoms with Crippen LogP contribution in [0.4, 0.5) is 0 Å². The summed E-state index contributed by atoms with van der Waals surface area (Å²) in [4.78, 5) is 27.3. The Morgan fingerprint density at radius 1 is 1.16 bits per heavy atom. The maximum Gasteiger partial charge on any atom is 0.336 e. The Labute approximate surface area is 114 Å². The number of nitrogens with zero attached hydrogens (tertiary/aromatic N) is 1. The van der Waals surface area contributed by atoms with E-state index < -0.39 is 5.97 Å². The van der Waals surface area contributed by atoms with Crippen LogP contribution in [0, 0.1) is 0 Å². The third-order valence-electron chi connectivity index (χ3n) is 2.47. The van der Waals surface area contributed by atoms with Crippen LogP contribution < -0.4 is 0 Å². The molecule has 0 saturated carbocycles. The molecule has 1 heterocycles. The van der Waals surface area contributed by atoms with Crippen LogP contribution in [0.5, 0.6) is 0 Å². The van der Waals surface area contributed by atoms with Crippen molar-refractivity contribution in [3.05, 3.63) is 59.9 Å². The van der Waals surface area contributed by atoms with Crippen molar-refractivity contribution < 1.29 is 14.7 Å². The summed E-state index contributed by atoms with van der Waals surface area (Å²) < 4.78 is 0. The van der Waals surface area contributed by atoms with Gasteiger partial charge in [-0.05, 0) is 6.07 Å². The van der Waals surface area contributed by atoms with Gasteiger partial charge in [0.15, 0.2) is 5.78 Å². The number of carboxylic acid groups (broad SMARTS) is 1. The molecule has 0 bridgehead atoms. The van der Waals surface area contributed by atoms with Crippen molar-refractivity contribution in [3.8, 4) is 0 Å². The normalized spacial score (nSPS) is 10.1. The summed E-state index contributed by atoms with van der Waals surface area (Å²) in [5.74, 6) is -0.862. The van der Waals surface area contributed by atoms with E-state index in [1.807, 2.05) is 6.07 Å². The lowest BCUT2D eigenvalue weighted by Crippen LogP contribution is -2.04. The Bertz CT molecular complexity index is 599. The van der Waals surface area contributed by atoms with Gasteiger partial charge < -0.3 is 5.11 Å². The highest BCUT2D eigenvalue weighted by molar-refractivity contribution is 8.00. The molecule has 2 aromatic rings. The molecule has 0 radical (unpaired) electrons. The van der Waals surface area contributed by atoms with Crippen LogP contribution >= 0.6 is 11.8 Å². The summed E-state index contributed by atoms with van der Waals surface area (Å²) in [5, 5.41) is 9.02. The van der Waals surface area contributed by atoms with Crippen molar-refractivity contribution in [2.24, 2.45) is 0 Å². The Hall–Kier alpha value is -2.14. The molecule has 4 nitrogen and oxygen atoms in total. The largest absolute Gasteiger partial charge is 0.478 e. The lowest BCUT2D eigenvalue weighted by atomic mass is 10.2. The molecule has 0 aliphatic carbocycles. The molecular weight excluding hydrogens is 262 g/mol. The predicted molar refractivity (Wildman–Crippen MR) is 72.7 cm³/mol. The zero-order valence-corrected chi connectivity index (χ0v) is 10.8. The van der Waals surface area contributed by atoms with Crippen LogP contribution in [0.25, 0.3) is 0 Å². The van der Waals surface area contributed by atoms with Gasteiger partial charge in [-0.1, -0.05) is 30.3 Å². The maximum absolute atomic E-state index is 11.9. The van der Waals surface area contributed by atoms with Gasteiger partial charge in [0.25, 0.3) is 0 Å². The highest BCUT2D eigenvalue weighted by atomic mass is 32.2. The number of hydrogen-bond donors (Lipinski definition) is 1. The molecule has 0 atom stereocenters. The third-order valence-corrected chi connectivity index (χ3v) is 3.51. The first-order valence-electron chi connectivity index (χ1n) is 5.57. The fourth-order valence-electron chi connectivity index (χ4n) is 1.52. The number of benzene rings is 1. The van der Waals surface area contributed by atoms with E-state index in [2.05, 4.69) is 4.98 Å². The molecule has 5 heteroatoms. The number of aromatic carboxylic acids is 1. The van der Waals surface area contributed by atoms with Crippen LogP contribution in [-0.2, 0) is 0 Å². The van der Waals surface area contributed by atoms with Gasteiger partial charge >= 0.3 is 5.97 Å². The summed E-state index contributed by atoms with van der Waals surface area (Å²) in [7, 11) is 0. The number of Topliss-reactive ketones (excluding diaryl/α,β-unsaturated/α-hetero) is 1. The quantitative estimate of drug-likeness (QED) is 0.670. The van der Waals surface area contributed by atoms with Crippen LogP contribution in [0.2, 0.25) is 0 Å². The van der Waals surface area contributed by atoms with E-state index in [1.54, 1.807) is 24.3 Å². The first-order valence-corrected chi connectivity index (χ1v) is 6.55. The van der Waals surface area contributed by atoms with Gasteiger partial charge in [0.2, 0.25) is 0 Å². The molecule has 0 unspecified atom stereocenters. The number of aromatic nitrogens is 1. The SMILES string of the molecule is O=C(CSc1cnccc1C(=O)O)c1ccccc1. The van der Waals surface area contributed by atoms with E-state index >= 15 is 0 Å². The minimum Gasteiger partial charge on any atom is -0.478 e. The van der Waals surface area contributed by atoms with Gasteiger partial charge in [-0.2, -0.15) is 0 Å². The van der Waals surface area contributed by atoms with E-state index in [4.69, 9.17) is 5.11 Å². The smallest absolute Gasteiger partial charge is 0.336 e. The van der Waals surface area contributed by atoms with Gasteiger partial charge in [-0.25, -0.2) is 4.79 Å². The van der Waals surface area contributed by atoms with Crippen LogP contribution in [-0.4, -0.2) is 27.6 Å². The van der Waals surface area contributed by atoms with Crippen molar-refractivity contribution >= 4 is 23.5 Å². The van der Waals surface area contributed by atoms with Gasteiger partial charge in [0.05, 0.1) is 11.3 Å². The third kappa shape index (κ3) is 3.42. The highest BCUT2D eigenvalue weighted by Crippen LogP contribution is 2.22. The lowest BCUT2D eigenvalue weighted by molar-refractivity contribution is 0.0692. The second-order valence-corrected chi connectivity index (χ2v) is 4.77. The number of carbonyl (C=O) groups is 2. The number of rotatable bonds is 5. The standard InChI is InChI=1S/C14H11NO3S/c16-12(10-4-2-1-3-5-10)9-19-13-8-15-7-6-11(13)14(17)18/h1-8H,9H2,(H,17,18). The number of carboxylic acids is 1. The van der Waals surface area contributed by atoms with Crippen LogP contribution in [0.15, 0.2) is 53.7 Å². The molecule has 19 heavy (non-hydrogen) atoms. The van der Waals surface area contributed by atoms with Gasteiger partial charge in [0.1, 0.15) is 0 Å². The topological polar surface area (TPSA) is 67.3 Å². The van der Waals surface area contributed by atoms with Gasteiger partial charge in [-0.15, -0.1) is 11.8 Å². The average molecular weight is 273 g/mol. The summed E-state index contributed by atoms with van der Waals surface area (Å²) in [6, 6.07) is 10.3. The fraction of sp³-hybridized carbons (Fsp3) is 0.0714. The first-order chi connectivity index (χ1) is 9.18. The van der Waals surface area contributed by atoms with Crippen molar-refractivity contribution in [1.29, 1.82) is 0 Å². The number of carbonyl (C=O) groups excluding carboxylic acids is 1. The molecule has 1 aromatic heterocycles. The van der Waals surface area contributed by atoms with Crippen LogP contribution in [0.1, 0.15) is 20.7 Å². The van der Waals surface area contributed by atoms with Crippen molar-refractivity contribution in [2.45, 2.75) is 4.90 Å². The molecule has 1 aromatic carbocycles. The Balaban J connectivity index is 2.07. The Kier molecular flexibility index (Phi) is 4.30. The minimum atomic E-state index is -1.02. The molecule has 0 spiro atoms. The van der Waals surface area contributed by atoms with E-state index in [1.165, 1.54) is 30.2 Å². The zero-order chi connectivity index (χ0) is 13.7. The fourth-order valence-corrected chi connectivity index (χ4v) is 2.42. The second-order valence-electron chi connectivity index (χ2n) is 3.75. The molecule has 0 saturated heterocycles. The number of ketones is 1.